The molecule has 1 aliphatic heterocycles. The third kappa shape index (κ3) is 4.95. The predicted molar refractivity (Wildman–Crippen MR) is 97.4 cm³/mol. The van der Waals surface area contributed by atoms with Gasteiger partial charge in [0.15, 0.2) is 0 Å². The molecule has 1 heterocycles. The number of methoxy groups -OCH3 is 1. The predicted octanol–water partition coefficient (Wildman–Crippen LogP) is 1.67. The van der Waals surface area contributed by atoms with Crippen molar-refractivity contribution in [2.45, 2.75) is 25.3 Å². The van der Waals surface area contributed by atoms with Crippen LogP contribution in [0.15, 0.2) is 24.3 Å². The van der Waals surface area contributed by atoms with E-state index in [4.69, 9.17) is 4.74 Å². The standard InChI is InChI=1S/C19H29N3O3/c1-21(2)13-5-12-20-19(24)16-10-11-17(23)22(3)18(16)14-6-8-15(25-4)9-7-14/h6-9,16,18H,5,10-13H2,1-4H3,(H,20,24)/t16-,18+/m1/s1. The van der Waals surface area contributed by atoms with Crippen molar-refractivity contribution in [3.63, 3.8) is 0 Å². The zero-order valence-corrected chi connectivity index (χ0v) is 15.6. The number of ether oxygens (including phenoxy) is 1. The molecule has 0 saturated carbocycles. The lowest BCUT2D eigenvalue weighted by Crippen LogP contribution is -2.46. The van der Waals surface area contributed by atoms with Gasteiger partial charge in [0.1, 0.15) is 5.75 Å². The van der Waals surface area contributed by atoms with Gasteiger partial charge in [0, 0.05) is 20.0 Å². The highest BCUT2D eigenvalue weighted by Crippen LogP contribution is 2.36. The number of likely N-dealkylation sites (tertiary alicyclic amines) is 1. The van der Waals surface area contributed by atoms with Gasteiger partial charge in [-0.3, -0.25) is 9.59 Å². The Morgan fingerprint density at radius 1 is 1.32 bits per heavy atom. The van der Waals surface area contributed by atoms with Crippen molar-refractivity contribution >= 4 is 11.8 Å². The fourth-order valence-electron chi connectivity index (χ4n) is 3.31. The Labute approximate surface area is 150 Å². The highest BCUT2D eigenvalue weighted by molar-refractivity contribution is 5.84. The largest absolute Gasteiger partial charge is 0.497 e. The van der Waals surface area contributed by atoms with Crippen LogP contribution in [0.2, 0.25) is 0 Å². The molecule has 138 valence electrons. The van der Waals surface area contributed by atoms with E-state index in [1.807, 2.05) is 38.4 Å². The van der Waals surface area contributed by atoms with Crippen LogP contribution in [0.4, 0.5) is 0 Å². The number of nitrogens with one attached hydrogen (secondary N) is 1. The molecule has 1 aromatic carbocycles. The van der Waals surface area contributed by atoms with E-state index >= 15 is 0 Å². The van der Waals surface area contributed by atoms with Gasteiger partial charge >= 0.3 is 0 Å². The first kappa shape index (κ1) is 19.2. The molecule has 0 bridgehead atoms. The smallest absolute Gasteiger partial charge is 0.225 e. The molecule has 2 rings (SSSR count). The van der Waals surface area contributed by atoms with E-state index in [9.17, 15) is 9.59 Å². The number of carbonyl (C=O) groups is 2. The Hall–Kier alpha value is -2.08. The summed E-state index contributed by atoms with van der Waals surface area (Å²) < 4.78 is 5.20. The molecule has 2 atom stereocenters. The highest BCUT2D eigenvalue weighted by atomic mass is 16.5. The Morgan fingerprint density at radius 2 is 2.00 bits per heavy atom. The monoisotopic (exact) mass is 347 g/mol. The number of hydrogen-bond acceptors (Lipinski definition) is 4. The van der Waals surface area contributed by atoms with Crippen molar-refractivity contribution < 1.29 is 14.3 Å². The van der Waals surface area contributed by atoms with Crippen molar-refractivity contribution in [3.05, 3.63) is 29.8 Å². The number of hydrogen-bond donors (Lipinski definition) is 1. The van der Waals surface area contributed by atoms with Gasteiger partial charge in [0.25, 0.3) is 0 Å². The summed E-state index contributed by atoms with van der Waals surface area (Å²) in [6.45, 7) is 1.59. The molecule has 2 amide bonds. The van der Waals surface area contributed by atoms with Gasteiger partial charge in [0.2, 0.25) is 11.8 Å². The average Bonchev–Trinajstić information content (AvgIpc) is 2.60. The van der Waals surface area contributed by atoms with Crippen molar-refractivity contribution in [1.82, 2.24) is 15.1 Å². The summed E-state index contributed by atoms with van der Waals surface area (Å²) >= 11 is 0. The first-order chi connectivity index (χ1) is 11.9. The zero-order chi connectivity index (χ0) is 18.4. The van der Waals surface area contributed by atoms with E-state index < -0.39 is 0 Å². The van der Waals surface area contributed by atoms with Crippen molar-refractivity contribution in [1.29, 1.82) is 0 Å². The van der Waals surface area contributed by atoms with Gasteiger partial charge in [0.05, 0.1) is 19.1 Å². The lowest BCUT2D eigenvalue weighted by molar-refractivity contribution is -0.141. The van der Waals surface area contributed by atoms with Gasteiger partial charge in [-0.1, -0.05) is 12.1 Å². The number of nitrogens with zero attached hydrogens (tertiary/aromatic N) is 2. The van der Waals surface area contributed by atoms with Crippen LogP contribution in [0.25, 0.3) is 0 Å². The van der Waals surface area contributed by atoms with Crippen LogP contribution >= 0.6 is 0 Å². The summed E-state index contributed by atoms with van der Waals surface area (Å²) in [5.41, 5.74) is 0.963. The molecule has 1 aromatic rings. The van der Waals surface area contributed by atoms with E-state index in [0.29, 0.717) is 19.4 Å². The molecule has 1 saturated heterocycles. The second-order valence-electron chi connectivity index (χ2n) is 6.82. The van der Waals surface area contributed by atoms with Crippen LogP contribution < -0.4 is 10.1 Å². The lowest BCUT2D eigenvalue weighted by Gasteiger charge is -2.38. The maximum absolute atomic E-state index is 12.7. The fraction of sp³-hybridized carbons (Fsp3) is 0.579. The SMILES string of the molecule is COc1ccc([C@H]2[C@H](C(=O)NCCCN(C)C)CCC(=O)N2C)cc1. The van der Waals surface area contributed by atoms with Gasteiger partial charge in [-0.05, 0) is 51.2 Å². The lowest BCUT2D eigenvalue weighted by atomic mass is 9.84. The van der Waals surface area contributed by atoms with Crippen LogP contribution in [0.1, 0.15) is 30.9 Å². The minimum Gasteiger partial charge on any atom is -0.497 e. The van der Waals surface area contributed by atoms with Gasteiger partial charge in [-0.2, -0.15) is 0 Å². The van der Waals surface area contributed by atoms with Crippen molar-refractivity contribution in [3.8, 4) is 5.75 Å². The van der Waals surface area contributed by atoms with E-state index in [1.54, 1.807) is 19.1 Å². The zero-order valence-electron chi connectivity index (χ0n) is 15.6. The molecule has 0 aliphatic carbocycles. The van der Waals surface area contributed by atoms with E-state index in [0.717, 1.165) is 24.3 Å². The topological polar surface area (TPSA) is 61.9 Å². The van der Waals surface area contributed by atoms with Gasteiger partial charge < -0.3 is 19.9 Å². The molecule has 1 fully saturated rings. The Kier molecular flexibility index (Phi) is 6.82. The maximum Gasteiger partial charge on any atom is 0.225 e. The van der Waals surface area contributed by atoms with Crippen molar-refractivity contribution in [2.24, 2.45) is 5.92 Å². The number of benzene rings is 1. The Bertz CT molecular complexity index is 586. The van der Waals surface area contributed by atoms with Gasteiger partial charge in [-0.25, -0.2) is 0 Å². The first-order valence-corrected chi connectivity index (χ1v) is 8.76. The van der Waals surface area contributed by atoms with Crippen molar-refractivity contribution in [2.75, 3.05) is 41.3 Å². The molecule has 6 heteroatoms. The minimum absolute atomic E-state index is 0.0268. The first-order valence-electron chi connectivity index (χ1n) is 8.76. The highest BCUT2D eigenvalue weighted by Gasteiger charge is 2.38. The molecule has 1 N–H and O–H groups in total. The molecule has 0 spiro atoms. The second-order valence-corrected chi connectivity index (χ2v) is 6.82. The maximum atomic E-state index is 12.7. The third-order valence-electron chi connectivity index (χ3n) is 4.74. The molecule has 1 aliphatic rings. The summed E-state index contributed by atoms with van der Waals surface area (Å²) in [4.78, 5) is 28.7. The minimum atomic E-state index is -0.235. The summed E-state index contributed by atoms with van der Waals surface area (Å²) in [5.74, 6) is 0.644. The Morgan fingerprint density at radius 3 is 2.60 bits per heavy atom. The third-order valence-corrected chi connectivity index (χ3v) is 4.74. The van der Waals surface area contributed by atoms with Crippen LogP contribution in [-0.2, 0) is 9.59 Å². The van der Waals surface area contributed by atoms with E-state index in [-0.39, 0.29) is 23.8 Å². The molecule has 0 radical (unpaired) electrons. The molecular formula is C19H29N3O3. The number of carbonyl (C=O) groups excluding carboxylic acids is 2. The van der Waals surface area contributed by atoms with Crippen LogP contribution in [-0.4, -0.2) is 63.0 Å². The van der Waals surface area contributed by atoms with Gasteiger partial charge in [-0.15, -0.1) is 0 Å². The Balaban J connectivity index is 2.10. The molecule has 25 heavy (non-hydrogen) atoms. The summed E-state index contributed by atoms with van der Waals surface area (Å²) in [5, 5.41) is 3.04. The number of piperidine rings is 1. The summed E-state index contributed by atoms with van der Waals surface area (Å²) in [6, 6.07) is 7.37. The normalized spacial score (nSPS) is 20.7. The average molecular weight is 347 g/mol. The number of amides is 2. The molecular weight excluding hydrogens is 318 g/mol. The molecule has 6 nitrogen and oxygen atoms in total. The quantitative estimate of drug-likeness (QED) is 0.762. The van der Waals surface area contributed by atoms with E-state index in [2.05, 4.69) is 10.2 Å². The van der Waals surface area contributed by atoms with Crippen LogP contribution in [0, 0.1) is 5.92 Å². The fourth-order valence-corrected chi connectivity index (χ4v) is 3.31. The summed E-state index contributed by atoms with van der Waals surface area (Å²) in [6.07, 6.45) is 1.91. The molecule has 0 unspecified atom stereocenters. The van der Waals surface area contributed by atoms with Crippen LogP contribution in [0.3, 0.4) is 0 Å². The number of rotatable bonds is 7. The van der Waals surface area contributed by atoms with E-state index in [1.165, 1.54) is 0 Å². The molecule has 0 aromatic heterocycles. The van der Waals surface area contributed by atoms with Crippen LogP contribution in [0.5, 0.6) is 5.75 Å². The second kappa shape index (κ2) is 8.85. The summed E-state index contributed by atoms with van der Waals surface area (Å²) in [7, 11) is 7.43.